The van der Waals surface area contributed by atoms with Gasteiger partial charge in [-0.15, -0.1) is 0 Å². The van der Waals surface area contributed by atoms with E-state index in [0.717, 1.165) is 5.52 Å². The number of rotatable bonds is 1. The maximum atomic E-state index is 4.58. The summed E-state index contributed by atoms with van der Waals surface area (Å²) in [4.78, 5) is 4.58. The van der Waals surface area contributed by atoms with Crippen LogP contribution in [0.4, 0.5) is 0 Å². The molecule has 0 atom stereocenters. The van der Waals surface area contributed by atoms with Crippen LogP contribution in [-0.4, -0.2) is 4.98 Å². The Balaban J connectivity index is 2.80. The lowest BCUT2D eigenvalue weighted by molar-refractivity contribution is 0.595. The molecule has 0 spiro atoms. The van der Waals surface area contributed by atoms with E-state index in [1.54, 1.807) is 0 Å². The van der Waals surface area contributed by atoms with Crippen molar-refractivity contribution in [3.63, 3.8) is 0 Å². The molecule has 0 aliphatic heterocycles. The molecule has 0 aliphatic rings. The van der Waals surface area contributed by atoms with Crippen molar-refractivity contribution in [3.05, 3.63) is 41.6 Å². The molecule has 1 heterocycles. The first-order valence-electron chi connectivity index (χ1n) is 6.29. The molecule has 1 heteroatoms. The number of hydrogen-bond acceptors (Lipinski definition) is 1. The van der Waals surface area contributed by atoms with Crippen LogP contribution in [0.5, 0.6) is 0 Å². The highest BCUT2D eigenvalue weighted by atomic mass is 14.7. The van der Waals surface area contributed by atoms with Gasteiger partial charge in [0, 0.05) is 11.6 Å². The summed E-state index contributed by atoms with van der Waals surface area (Å²) in [7, 11) is 0. The molecule has 1 aromatic heterocycles. The van der Waals surface area contributed by atoms with Gasteiger partial charge >= 0.3 is 0 Å². The van der Waals surface area contributed by atoms with Crippen LogP contribution in [-0.2, 0) is 5.41 Å². The minimum atomic E-state index is 0.163. The van der Waals surface area contributed by atoms with Crippen LogP contribution in [0.25, 0.3) is 10.9 Å². The summed E-state index contributed by atoms with van der Waals surface area (Å²) in [5.41, 5.74) is 4.05. The third-order valence-corrected chi connectivity index (χ3v) is 3.23. The van der Waals surface area contributed by atoms with Gasteiger partial charge in [0.15, 0.2) is 0 Å². The Morgan fingerprint density at radius 2 is 1.76 bits per heavy atom. The molecule has 0 fully saturated rings. The topological polar surface area (TPSA) is 12.9 Å². The van der Waals surface area contributed by atoms with Gasteiger partial charge in [0.05, 0.1) is 5.52 Å². The summed E-state index contributed by atoms with van der Waals surface area (Å²) in [6.45, 7) is 11.2. The molecule has 17 heavy (non-hydrogen) atoms. The van der Waals surface area contributed by atoms with E-state index in [9.17, 15) is 0 Å². The molecule has 0 radical (unpaired) electrons. The fourth-order valence-electron chi connectivity index (χ4n) is 2.31. The van der Waals surface area contributed by atoms with Crippen LogP contribution >= 0.6 is 0 Å². The van der Waals surface area contributed by atoms with Crippen LogP contribution in [0, 0.1) is 0 Å². The maximum absolute atomic E-state index is 4.58. The quantitative estimate of drug-likeness (QED) is 0.690. The molecule has 1 nitrogen and oxygen atoms in total. The van der Waals surface area contributed by atoms with Gasteiger partial charge in [0.25, 0.3) is 0 Å². The van der Waals surface area contributed by atoms with Crippen molar-refractivity contribution < 1.29 is 0 Å². The molecule has 0 saturated heterocycles. The Morgan fingerprint density at radius 1 is 1.06 bits per heavy atom. The van der Waals surface area contributed by atoms with Crippen molar-refractivity contribution in [1.82, 2.24) is 4.98 Å². The van der Waals surface area contributed by atoms with Gasteiger partial charge in [-0.05, 0) is 28.5 Å². The molecule has 1 aromatic carbocycles. The fraction of sp³-hybridized carbons (Fsp3) is 0.438. The molecular weight excluding hydrogens is 206 g/mol. The van der Waals surface area contributed by atoms with E-state index in [1.807, 2.05) is 12.3 Å². The van der Waals surface area contributed by atoms with E-state index >= 15 is 0 Å². The minimum Gasteiger partial charge on any atom is -0.256 e. The highest BCUT2D eigenvalue weighted by Gasteiger charge is 2.18. The van der Waals surface area contributed by atoms with Crippen molar-refractivity contribution in [3.8, 4) is 0 Å². The third-order valence-electron chi connectivity index (χ3n) is 3.23. The fourth-order valence-corrected chi connectivity index (χ4v) is 2.31. The maximum Gasteiger partial charge on any atom is 0.0739 e. The summed E-state index contributed by atoms with van der Waals surface area (Å²) in [5, 5.41) is 1.30. The summed E-state index contributed by atoms with van der Waals surface area (Å²) in [5.74, 6) is 0.515. The van der Waals surface area contributed by atoms with Crippen molar-refractivity contribution in [2.24, 2.45) is 0 Å². The van der Waals surface area contributed by atoms with Gasteiger partial charge < -0.3 is 0 Å². The van der Waals surface area contributed by atoms with Gasteiger partial charge in [-0.25, -0.2) is 0 Å². The third kappa shape index (κ3) is 2.19. The number of pyridine rings is 1. The van der Waals surface area contributed by atoms with Crippen molar-refractivity contribution >= 4 is 10.9 Å². The number of benzene rings is 1. The van der Waals surface area contributed by atoms with Crippen LogP contribution in [0.3, 0.4) is 0 Å². The average Bonchev–Trinajstić information content (AvgIpc) is 2.26. The zero-order valence-corrected chi connectivity index (χ0v) is 11.4. The van der Waals surface area contributed by atoms with E-state index in [1.165, 1.54) is 16.5 Å². The van der Waals surface area contributed by atoms with Gasteiger partial charge in [-0.1, -0.05) is 52.8 Å². The summed E-state index contributed by atoms with van der Waals surface area (Å²) >= 11 is 0. The first kappa shape index (κ1) is 12.1. The average molecular weight is 227 g/mol. The van der Waals surface area contributed by atoms with E-state index in [2.05, 4.69) is 57.8 Å². The summed E-state index contributed by atoms with van der Waals surface area (Å²) in [6.07, 6.45) is 1.89. The molecule has 2 rings (SSSR count). The first-order chi connectivity index (χ1) is 7.91. The second kappa shape index (κ2) is 4.14. The molecule has 0 bridgehead atoms. The lowest BCUT2D eigenvalue weighted by Crippen LogP contribution is -2.12. The van der Waals surface area contributed by atoms with Crippen LogP contribution in [0.2, 0.25) is 0 Å². The van der Waals surface area contributed by atoms with Crippen molar-refractivity contribution in [2.75, 3.05) is 0 Å². The molecular formula is C16H21N. The lowest BCUT2D eigenvalue weighted by Gasteiger charge is -2.22. The predicted octanol–water partition coefficient (Wildman–Crippen LogP) is 4.66. The highest BCUT2D eigenvalue weighted by molar-refractivity contribution is 5.86. The number of nitrogens with zero attached hydrogens (tertiary/aromatic N) is 1. The molecule has 0 amide bonds. The van der Waals surface area contributed by atoms with Gasteiger partial charge in [0.2, 0.25) is 0 Å². The first-order valence-corrected chi connectivity index (χ1v) is 6.29. The second-order valence-electron chi connectivity index (χ2n) is 6.01. The van der Waals surface area contributed by atoms with E-state index < -0.39 is 0 Å². The minimum absolute atomic E-state index is 0.163. The molecule has 0 aliphatic carbocycles. The van der Waals surface area contributed by atoms with Gasteiger partial charge in [-0.2, -0.15) is 0 Å². The van der Waals surface area contributed by atoms with Gasteiger partial charge in [-0.3, -0.25) is 4.98 Å². The zero-order valence-electron chi connectivity index (χ0n) is 11.4. The standard InChI is InChI=1S/C16H21N/c1-11(2)12-8-9-14(16(3,4)5)13-7-6-10-17-15(12)13/h6-11H,1-5H3. The van der Waals surface area contributed by atoms with Crippen LogP contribution in [0.1, 0.15) is 51.7 Å². The predicted molar refractivity (Wildman–Crippen MR) is 74.5 cm³/mol. The van der Waals surface area contributed by atoms with Crippen molar-refractivity contribution in [1.29, 1.82) is 0 Å². The molecule has 0 N–H and O–H groups in total. The SMILES string of the molecule is CC(C)c1ccc(C(C)(C)C)c2cccnc12. The zero-order chi connectivity index (χ0) is 12.6. The monoisotopic (exact) mass is 227 g/mol. The van der Waals surface area contributed by atoms with Crippen molar-refractivity contribution in [2.45, 2.75) is 46.0 Å². The normalized spacial score (nSPS) is 12.4. The van der Waals surface area contributed by atoms with E-state index in [-0.39, 0.29) is 5.41 Å². The summed E-state index contributed by atoms with van der Waals surface area (Å²) < 4.78 is 0. The number of fused-ring (bicyclic) bond motifs is 1. The molecule has 2 aromatic rings. The lowest BCUT2D eigenvalue weighted by atomic mass is 9.83. The molecule has 0 saturated carbocycles. The summed E-state index contributed by atoms with van der Waals surface area (Å²) in [6, 6.07) is 8.72. The van der Waals surface area contributed by atoms with E-state index in [4.69, 9.17) is 0 Å². The Morgan fingerprint density at radius 3 is 2.35 bits per heavy atom. The van der Waals surface area contributed by atoms with Crippen LogP contribution < -0.4 is 0 Å². The number of aromatic nitrogens is 1. The Bertz CT molecular complexity index is 533. The second-order valence-corrected chi connectivity index (χ2v) is 6.01. The largest absolute Gasteiger partial charge is 0.256 e. The Kier molecular flexibility index (Phi) is 2.94. The molecule has 90 valence electrons. The molecule has 0 unspecified atom stereocenters. The Hall–Kier alpha value is -1.37. The highest BCUT2D eigenvalue weighted by Crippen LogP contribution is 2.32. The smallest absolute Gasteiger partial charge is 0.0739 e. The van der Waals surface area contributed by atoms with Gasteiger partial charge in [0.1, 0.15) is 0 Å². The van der Waals surface area contributed by atoms with Crippen LogP contribution in [0.15, 0.2) is 30.5 Å². The Labute approximate surface area is 104 Å². The van der Waals surface area contributed by atoms with E-state index in [0.29, 0.717) is 5.92 Å². The number of hydrogen-bond donors (Lipinski definition) is 0.